The van der Waals surface area contributed by atoms with Crippen molar-refractivity contribution in [1.29, 1.82) is 5.26 Å². The fourth-order valence-corrected chi connectivity index (χ4v) is 2.79. The zero-order valence-electron chi connectivity index (χ0n) is 13.7. The number of carboxylic acid groups (broad SMARTS) is 1. The second-order valence-electron chi connectivity index (χ2n) is 5.84. The standard InChI is InChI=1S/C19H11F3N2O3/c20-12-2-1-11(15(21)6-12)8-24-9-14(19(26)27)18(25)13-7-16(22)10(3-4-23)5-17(13)24/h1-2,5-7,9H,3,8H2,(H,26,27). The fraction of sp³-hybridized carbons (Fsp3) is 0.105. The number of aromatic nitrogens is 1. The second kappa shape index (κ2) is 6.96. The molecule has 5 nitrogen and oxygen atoms in total. The fourth-order valence-electron chi connectivity index (χ4n) is 2.79. The van der Waals surface area contributed by atoms with Crippen molar-refractivity contribution < 1.29 is 23.1 Å². The van der Waals surface area contributed by atoms with Gasteiger partial charge in [0.05, 0.1) is 24.6 Å². The molecule has 0 aliphatic rings. The molecule has 3 rings (SSSR count). The van der Waals surface area contributed by atoms with Gasteiger partial charge in [0, 0.05) is 28.8 Å². The van der Waals surface area contributed by atoms with Crippen molar-refractivity contribution in [3.63, 3.8) is 0 Å². The Balaban J connectivity index is 2.30. The summed E-state index contributed by atoms with van der Waals surface area (Å²) in [6, 6.07) is 6.83. The minimum Gasteiger partial charge on any atom is -0.477 e. The van der Waals surface area contributed by atoms with Gasteiger partial charge in [-0.05, 0) is 18.2 Å². The molecule has 2 aromatic carbocycles. The average Bonchev–Trinajstić information content (AvgIpc) is 2.60. The monoisotopic (exact) mass is 372 g/mol. The lowest BCUT2D eigenvalue weighted by atomic mass is 10.1. The third-order valence-electron chi connectivity index (χ3n) is 4.10. The summed E-state index contributed by atoms with van der Waals surface area (Å²) in [5.41, 5.74) is -1.31. The van der Waals surface area contributed by atoms with Crippen molar-refractivity contribution in [2.45, 2.75) is 13.0 Å². The van der Waals surface area contributed by atoms with Crippen LogP contribution >= 0.6 is 0 Å². The van der Waals surface area contributed by atoms with Crippen LogP contribution in [-0.4, -0.2) is 15.6 Å². The van der Waals surface area contributed by atoms with Gasteiger partial charge in [0.1, 0.15) is 23.0 Å². The second-order valence-corrected chi connectivity index (χ2v) is 5.84. The first-order valence-corrected chi connectivity index (χ1v) is 7.71. The van der Waals surface area contributed by atoms with E-state index in [4.69, 9.17) is 5.26 Å². The number of nitrogens with zero attached hydrogens (tertiary/aromatic N) is 2. The molecule has 0 bridgehead atoms. The molecule has 0 fully saturated rings. The lowest BCUT2D eigenvalue weighted by Crippen LogP contribution is -2.20. The molecule has 1 aromatic heterocycles. The van der Waals surface area contributed by atoms with Crippen molar-refractivity contribution >= 4 is 16.9 Å². The number of carboxylic acids is 1. The predicted octanol–water partition coefficient (Wildman–Crippen LogP) is 3.23. The maximum absolute atomic E-state index is 14.1. The van der Waals surface area contributed by atoms with E-state index in [1.54, 1.807) is 6.07 Å². The molecular weight excluding hydrogens is 361 g/mol. The predicted molar refractivity (Wildman–Crippen MR) is 89.9 cm³/mol. The van der Waals surface area contributed by atoms with Crippen LogP contribution in [0.1, 0.15) is 21.5 Å². The molecule has 0 atom stereocenters. The Morgan fingerprint density at radius 1 is 1.11 bits per heavy atom. The number of pyridine rings is 1. The lowest BCUT2D eigenvalue weighted by Gasteiger charge is -2.14. The maximum Gasteiger partial charge on any atom is 0.341 e. The van der Waals surface area contributed by atoms with E-state index in [1.165, 1.54) is 16.7 Å². The average molecular weight is 372 g/mol. The van der Waals surface area contributed by atoms with Gasteiger partial charge in [-0.25, -0.2) is 18.0 Å². The minimum absolute atomic E-state index is 0.0146. The number of hydrogen-bond donors (Lipinski definition) is 1. The Bertz CT molecular complexity index is 1180. The summed E-state index contributed by atoms with van der Waals surface area (Å²) in [6.07, 6.45) is 0.755. The third kappa shape index (κ3) is 3.40. The van der Waals surface area contributed by atoms with Crippen molar-refractivity contribution in [3.05, 3.63) is 80.9 Å². The van der Waals surface area contributed by atoms with Gasteiger partial charge in [0.2, 0.25) is 5.43 Å². The van der Waals surface area contributed by atoms with Crippen molar-refractivity contribution in [3.8, 4) is 6.07 Å². The summed E-state index contributed by atoms with van der Waals surface area (Å²) in [5.74, 6) is -3.95. The summed E-state index contributed by atoms with van der Waals surface area (Å²) >= 11 is 0. The van der Waals surface area contributed by atoms with Gasteiger partial charge in [0.25, 0.3) is 0 Å². The molecule has 0 radical (unpaired) electrons. The van der Waals surface area contributed by atoms with E-state index in [0.717, 1.165) is 18.3 Å². The SMILES string of the molecule is N#CCc1cc2c(cc1F)c(=O)c(C(=O)O)cn2Cc1ccc(F)cc1F. The molecule has 1 heterocycles. The molecular formula is C19H11F3N2O3. The van der Waals surface area contributed by atoms with Crippen molar-refractivity contribution in [2.75, 3.05) is 0 Å². The summed E-state index contributed by atoms with van der Waals surface area (Å²) in [5, 5.41) is 17.8. The first kappa shape index (κ1) is 18.2. The first-order valence-electron chi connectivity index (χ1n) is 7.71. The zero-order chi connectivity index (χ0) is 19.7. The first-order chi connectivity index (χ1) is 12.8. The summed E-state index contributed by atoms with van der Waals surface area (Å²) in [4.78, 5) is 23.7. The van der Waals surface area contributed by atoms with Gasteiger partial charge in [0.15, 0.2) is 0 Å². The van der Waals surface area contributed by atoms with Gasteiger partial charge in [-0.3, -0.25) is 4.79 Å². The van der Waals surface area contributed by atoms with Crippen LogP contribution in [0.25, 0.3) is 10.9 Å². The van der Waals surface area contributed by atoms with E-state index in [9.17, 15) is 27.9 Å². The molecule has 0 spiro atoms. The number of hydrogen-bond acceptors (Lipinski definition) is 3. The van der Waals surface area contributed by atoms with E-state index in [1.807, 2.05) is 0 Å². The highest BCUT2D eigenvalue weighted by atomic mass is 19.1. The molecule has 27 heavy (non-hydrogen) atoms. The van der Waals surface area contributed by atoms with Crippen molar-refractivity contribution in [1.82, 2.24) is 4.57 Å². The minimum atomic E-state index is -1.52. The van der Waals surface area contributed by atoms with Gasteiger partial charge < -0.3 is 9.67 Å². The van der Waals surface area contributed by atoms with Crippen LogP contribution in [-0.2, 0) is 13.0 Å². The Morgan fingerprint density at radius 3 is 2.44 bits per heavy atom. The Morgan fingerprint density at radius 2 is 1.81 bits per heavy atom. The van der Waals surface area contributed by atoms with E-state index >= 15 is 0 Å². The molecule has 0 saturated heterocycles. The van der Waals surface area contributed by atoms with Gasteiger partial charge in [-0.15, -0.1) is 0 Å². The molecule has 0 unspecified atom stereocenters. The number of fused-ring (bicyclic) bond motifs is 1. The smallest absolute Gasteiger partial charge is 0.341 e. The topological polar surface area (TPSA) is 83.1 Å². The van der Waals surface area contributed by atoms with E-state index < -0.39 is 34.4 Å². The summed E-state index contributed by atoms with van der Waals surface area (Å²) < 4.78 is 42.5. The van der Waals surface area contributed by atoms with E-state index in [-0.39, 0.29) is 35.0 Å². The molecule has 0 amide bonds. The van der Waals surface area contributed by atoms with Gasteiger partial charge >= 0.3 is 5.97 Å². The van der Waals surface area contributed by atoms with Crippen LogP contribution in [0.15, 0.2) is 41.3 Å². The van der Waals surface area contributed by atoms with Gasteiger partial charge in [-0.2, -0.15) is 5.26 Å². The zero-order valence-corrected chi connectivity index (χ0v) is 13.7. The quantitative estimate of drug-likeness (QED) is 0.762. The normalized spacial score (nSPS) is 10.7. The number of carbonyl (C=O) groups is 1. The largest absolute Gasteiger partial charge is 0.477 e. The van der Waals surface area contributed by atoms with Crippen LogP contribution in [0, 0.1) is 28.8 Å². The number of benzene rings is 2. The van der Waals surface area contributed by atoms with Crippen LogP contribution in [0.3, 0.4) is 0 Å². The Hall–Kier alpha value is -3.60. The number of aromatic carboxylic acids is 1. The highest BCUT2D eigenvalue weighted by Gasteiger charge is 2.18. The highest BCUT2D eigenvalue weighted by molar-refractivity contribution is 5.92. The molecule has 1 N–H and O–H groups in total. The van der Waals surface area contributed by atoms with E-state index in [2.05, 4.69) is 0 Å². The maximum atomic E-state index is 14.1. The Kier molecular flexibility index (Phi) is 4.69. The third-order valence-corrected chi connectivity index (χ3v) is 4.10. The number of nitriles is 1. The van der Waals surface area contributed by atoms with Crippen LogP contribution in [0.4, 0.5) is 13.2 Å². The summed E-state index contributed by atoms with van der Waals surface area (Å²) in [7, 11) is 0. The van der Waals surface area contributed by atoms with Gasteiger partial charge in [-0.1, -0.05) is 6.07 Å². The van der Waals surface area contributed by atoms with Crippen LogP contribution in [0.2, 0.25) is 0 Å². The molecule has 0 aliphatic carbocycles. The molecule has 0 saturated carbocycles. The van der Waals surface area contributed by atoms with Crippen LogP contribution in [0.5, 0.6) is 0 Å². The summed E-state index contributed by atoms with van der Waals surface area (Å²) in [6.45, 7) is -0.221. The number of halogens is 3. The Labute approximate surface area is 150 Å². The molecule has 8 heteroatoms. The molecule has 0 aliphatic heterocycles. The van der Waals surface area contributed by atoms with Crippen LogP contribution < -0.4 is 5.43 Å². The molecule has 3 aromatic rings. The highest BCUT2D eigenvalue weighted by Crippen LogP contribution is 2.21. The lowest BCUT2D eigenvalue weighted by molar-refractivity contribution is 0.0695. The van der Waals surface area contributed by atoms with E-state index in [0.29, 0.717) is 6.07 Å². The number of rotatable bonds is 4. The molecule has 136 valence electrons. The van der Waals surface area contributed by atoms with Crippen molar-refractivity contribution in [2.24, 2.45) is 0 Å².